The van der Waals surface area contributed by atoms with Crippen LogP contribution in [0.5, 0.6) is 5.75 Å². The third-order valence-corrected chi connectivity index (χ3v) is 3.99. The Balaban J connectivity index is 1.96. The molecule has 2 heteroatoms. The van der Waals surface area contributed by atoms with Crippen molar-refractivity contribution < 1.29 is 4.74 Å². The second kappa shape index (κ2) is 5.31. The van der Waals surface area contributed by atoms with E-state index in [-0.39, 0.29) is 0 Å². The lowest BCUT2D eigenvalue weighted by atomic mass is 9.92. The van der Waals surface area contributed by atoms with E-state index in [9.17, 15) is 0 Å². The Hall–Kier alpha value is -1.02. The first kappa shape index (κ1) is 13.4. The number of benzene rings is 1. The van der Waals surface area contributed by atoms with E-state index in [1.807, 2.05) is 0 Å². The summed E-state index contributed by atoms with van der Waals surface area (Å²) in [5.41, 5.74) is 3.07. The highest BCUT2D eigenvalue weighted by Crippen LogP contribution is 2.37. The molecule has 1 saturated carbocycles. The summed E-state index contributed by atoms with van der Waals surface area (Å²) in [6, 6.07) is 7.03. The predicted octanol–water partition coefficient (Wildman–Crippen LogP) is 3.67. The molecule has 0 aliphatic heterocycles. The monoisotopic (exact) mass is 247 g/mol. The maximum atomic E-state index is 5.42. The third kappa shape index (κ3) is 3.26. The Morgan fingerprint density at radius 3 is 2.78 bits per heavy atom. The zero-order valence-electron chi connectivity index (χ0n) is 12.0. The van der Waals surface area contributed by atoms with Crippen LogP contribution in [-0.2, 0) is 6.54 Å². The van der Waals surface area contributed by atoms with Crippen molar-refractivity contribution in [1.29, 1.82) is 0 Å². The summed E-state index contributed by atoms with van der Waals surface area (Å²) in [4.78, 5) is 0. The van der Waals surface area contributed by atoms with E-state index >= 15 is 0 Å². The van der Waals surface area contributed by atoms with Gasteiger partial charge in [-0.05, 0) is 37.7 Å². The molecule has 0 saturated heterocycles. The van der Waals surface area contributed by atoms with Crippen molar-refractivity contribution in [1.82, 2.24) is 5.32 Å². The summed E-state index contributed by atoms with van der Waals surface area (Å²) in [5.74, 6) is 0.991. The molecule has 1 aromatic rings. The smallest absolute Gasteiger partial charge is 0.123 e. The highest BCUT2D eigenvalue weighted by atomic mass is 16.5. The zero-order chi connectivity index (χ0) is 13.2. The molecule has 1 unspecified atom stereocenters. The number of methoxy groups -OCH3 is 1. The number of aryl methyl sites for hydroxylation is 1. The Kier molecular flexibility index (Phi) is 3.96. The molecule has 1 aliphatic carbocycles. The van der Waals surface area contributed by atoms with E-state index in [1.165, 1.54) is 30.4 Å². The average molecular weight is 247 g/mol. The van der Waals surface area contributed by atoms with Crippen LogP contribution in [-0.4, -0.2) is 13.2 Å². The van der Waals surface area contributed by atoms with Crippen molar-refractivity contribution in [2.45, 2.75) is 52.6 Å². The molecule has 2 rings (SSSR count). The lowest BCUT2D eigenvalue weighted by Gasteiger charge is -2.18. The first-order valence-electron chi connectivity index (χ1n) is 6.87. The fraction of sp³-hybridized carbons (Fsp3) is 0.625. The summed E-state index contributed by atoms with van der Waals surface area (Å²) in [6.45, 7) is 7.76. The minimum absolute atomic E-state index is 0.508. The van der Waals surface area contributed by atoms with Gasteiger partial charge in [0.1, 0.15) is 5.75 Å². The van der Waals surface area contributed by atoms with Crippen LogP contribution < -0.4 is 10.1 Å². The summed E-state index contributed by atoms with van der Waals surface area (Å²) in [6.07, 6.45) is 3.90. The van der Waals surface area contributed by atoms with Gasteiger partial charge in [0, 0.05) is 18.2 Å². The van der Waals surface area contributed by atoms with E-state index in [0.29, 0.717) is 11.5 Å². The van der Waals surface area contributed by atoms with Gasteiger partial charge in [-0.2, -0.15) is 0 Å². The Bertz CT molecular complexity index is 412. The average Bonchev–Trinajstić information content (AvgIpc) is 2.66. The van der Waals surface area contributed by atoms with Crippen molar-refractivity contribution in [3.8, 4) is 5.75 Å². The van der Waals surface area contributed by atoms with Crippen molar-refractivity contribution in [2.24, 2.45) is 5.41 Å². The van der Waals surface area contributed by atoms with Gasteiger partial charge >= 0.3 is 0 Å². The molecular weight excluding hydrogens is 222 g/mol. The van der Waals surface area contributed by atoms with Gasteiger partial charge in [0.05, 0.1) is 7.11 Å². The molecule has 0 spiro atoms. The minimum atomic E-state index is 0.508. The number of hydrogen-bond acceptors (Lipinski definition) is 2. The van der Waals surface area contributed by atoms with Crippen molar-refractivity contribution in [3.05, 3.63) is 29.3 Å². The van der Waals surface area contributed by atoms with Crippen LogP contribution in [0.15, 0.2) is 18.2 Å². The van der Waals surface area contributed by atoms with Gasteiger partial charge in [-0.15, -0.1) is 0 Å². The van der Waals surface area contributed by atoms with E-state index in [2.05, 4.69) is 44.3 Å². The van der Waals surface area contributed by atoms with Gasteiger partial charge in [0.2, 0.25) is 0 Å². The lowest BCUT2D eigenvalue weighted by Crippen LogP contribution is -2.27. The van der Waals surface area contributed by atoms with Crippen molar-refractivity contribution in [2.75, 3.05) is 7.11 Å². The number of ether oxygens (including phenoxy) is 1. The first-order valence-corrected chi connectivity index (χ1v) is 6.87. The molecule has 1 N–H and O–H groups in total. The van der Waals surface area contributed by atoms with E-state index in [4.69, 9.17) is 4.74 Å². The normalized spacial score (nSPS) is 22.1. The van der Waals surface area contributed by atoms with Gasteiger partial charge in [0.15, 0.2) is 0 Å². The molecule has 1 atom stereocenters. The van der Waals surface area contributed by atoms with Gasteiger partial charge in [-0.25, -0.2) is 0 Å². The number of nitrogens with one attached hydrogen (secondary N) is 1. The van der Waals surface area contributed by atoms with Gasteiger partial charge in [-0.1, -0.05) is 31.5 Å². The molecular formula is C16H25NO. The standard InChI is InChI=1S/C16H25NO/c1-12-5-6-15(18-4)13(9-12)11-17-14-7-8-16(2,3)10-14/h5-6,9,14,17H,7-8,10-11H2,1-4H3. The summed E-state index contributed by atoms with van der Waals surface area (Å²) >= 11 is 0. The van der Waals surface area contributed by atoms with Crippen LogP contribution in [0.3, 0.4) is 0 Å². The lowest BCUT2D eigenvalue weighted by molar-refractivity contribution is 0.362. The van der Waals surface area contributed by atoms with Crippen LogP contribution in [0.4, 0.5) is 0 Å². The Labute approximate surface area is 111 Å². The number of hydrogen-bond donors (Lipinski definition) is 1. The minimum Gasteiger partial charge on any atom is -0.496 e. The van der Waals surface area contributed by atoms with Gasteiger partial charge in [-0.3, -0.25) is 0 Å². The molecule has 0 radical (unpaired) electrons. The van der Waals surface area contributed by atoms with Crippen LogP contribution in [0, 0.1) is 12.3 Å². The summed E-state index contributed by atoms with van der Waals surface area (Å²) < 4.78 is 5.42. The molecule has 1 aliphatic rings. The SMILES string of the molecule is COc1ccc(C)cc1CNC1CCC(C)(C)C1. The van der Waals surface area contributed by atoms with Crippen LogP contribution in [0.2, 0.25) is 0 Å². The van der Waals surface area contributed by atoms with E-state index in [1.54, 1.807) is 7.11 Å². The molecule has 1 fully saturated rings. The maximum Gasteiger partial charge on any atom is 0.123 e. The second-order valence-corrected chi connectivity index (χ2v) is 6.30. The number of rotatable bonds is 4. The van der Waals surface area contributed by atoms with Crippen LogP contribution in [0.25, 0.3) is 0 Å². The molecule has 0 bridgehead atoms. The predicted molar refractivity (Wildman–Crippen MR) is 76.0 cm³/mol. The van der Waals surface area contributed by atoms with Crippen molar-refractivity contribution in [3.63, 3.8) is 0 Å². The topological polar surface area (TPSA) is 21.3 Å². The van der Waals surface area contributed by atoms with Gasteiger partial charge < -0.3 is 10.1 Å². The molecule has 0 amide bonds. The molecule has 0 aromatic heterocycles. The van der Waals surface area contributed by atoms with Crippen molar-refractivity contribution >= 4 is 0 Å². The molecule has 0 heterocycles. The molecule has 18 heavy (non-hydrogen) atoms. The van der Waals surface area contributed by atoms with E-state index < -0.39 is 0 Å². The quantitative estimate of drug-likeness (QED) is 0.876. The van der Waals surface area contributed by atoms with Gasteiger partial charge in [0.25, 0.3) is 0 Å². The fourth-order valence-corrected chi connectivity index (χ4v) is 2.91. The summed E-state index contributed by atoms with van der Waals surface area (Å²) in [5, 5.41) is 3.68. The largest absolute Gasteiger partial charge is 0.496 e. The Morgan fingerprint density at radius 2 is 2.17 bits per heavy atom. The van der Waals surface area contributed by atoms with E-state index in [0.717, 1.165) is 12.3 Å². The molecule has 2 nitrogen and oxygen atoms in total. The first-order chi connectivity index (χ1) is 8.50. The fourth-order valence-electron chi connectivity index (χ4n) is 2.91. The summed E-state index contributed by atoms with van der Waals surface area (Å²) in [7, 11) is 1.74. The molecule has 1 aromatic carbocycles. The zero-order valence-corrected chi connectivity index (χ0v) is 12.0. The highest BCUT2D eigenvalue weighted by Gasteiger charge is 2.30. The van der Waals surface area contributed by atoms with Crippen LogP contribution >= 0.6 is 0 Å². The maximum absolute atomic E-state index is 5.42. The van der Waals surface area contributed by atoms with Crippen LogP contribution in [0.1, 0.15) is 44.2 Å². The molecule has 100 valence electrons. The third-order valence-electron chi connectivity index (χ3n) is 3.99. The second-order valence-electron chi connectivity index (χ2n) is 6.30. The highest BCUT2D eigenvalue weighted by molar-refractivity contribution is 5.36. The Morgan fingerprint density at radius 1 is 1.39 bits per heavy atom.